The van der Waals surface area contributed by atoms with E-state index < -0.39 is 5.60 Å². The van der Waals surface area contributed by atoms with Crippen molar-refractivity contribution in [1.82, 2.24) is 0 Å². The van der Waals surface area contributed by atoms with E-state index in [2.05, 4.69) is 20.8 Å². The zero-order valence-corrected chi connectivity index (χ0v) is 9.69. The molecule has 0 aliphatic rings. The van der Waals surface area contributed by atoms with Crippen LogP contribution in [0.1, 0.15) is 41.5 Å². The first kappa shape index (κ1) is 22.7. The summed E-state index contributed by atoms with van der Waals surface area (Å²) in [7, 11) is 0. The van der Waals surface area contributed by atoms with Crippen molar-refractivity contribution in [2.75, 3.05) is 0 Å². The molecule has 0 aromatic heterocycles. The molecule has 0 amide bonds. The van der Waals surface area contributed by atoms with E-state index in [1.165, 1.54) is 5.92 Å². The van der Waals surface area contributed by atoms with Crippen molar-refractivity contribution in [3.8, 4) is 0 Å². The summed E-state index contributed by atoms with van der Waals surface area (Å²) in [6.45, 7) is 11.5. The van der Waals surface area contributed by atoms with Gasteiger partial charge in [0.25, 0.3) is 0 Å². The summed E-state index contributed by atoms with van der Waals surface area (Å²) >= 11 is 0. The van der Waals surface area contributed by atoms with Crippen LogP contribution in [0.2, 0.25) is 0 Å². The van der Waals surface area contributed by atoms with Crippen molar-refractivity contribution < 1.29 is 41.0 Å². The van der Waals surface area contributed by atoms with Crippen molar-refractivity contribution >= 4 is 0 Å². The van der Waals surface area contributed by atoms with Gasteiger partial charge in [-0.2, -0.15) is 20.8 Å². The molecular weight excluding hydrogens is 183 g/mol. The van der Waals surface area contributed by atoms with E-state index in [0.717, 1.165) is 0 Å². The maximum absolute atomic E-state index is 8.52. The van der Waals surface area contributed by atoms with Crippen LogP contribution in [0.5, 0.6) is 0 Å². The summed E-state index contributed by atoms with van der Waals surface area (Å²) in [5, 5.41) is 8.52. The topological polar surface area (TPSA) is 20.2 Å². The van der Waals surface area contributed by atoms with Crippen LogP contribution in [0.4, 0.5) is 0 Å². The van der Waals surface area contributed by atoms with Crippen molar-refractivity contribution in [2.45, 2.75) is 47.1 Å². The molecule has 0 aliphatic carbocycles. The quantitative estimate of drug-likeness (QED) is 0.410. The third kappa shape index (κ3) is 787. The molecule has 0 saturated carbocycles. The molecule has 0 aromatic carbocycles. The van der Waals surface area contributed by atoms with E-state index in [0.29, 0.717) is 0 Å². The first-order valence-electron chi connectivity index (χ1n) is 3.22. The molecule has 1 nitrogen and oxygen atoms in total. The minimum absolute atomic E-state index is 0. The van der Waals surface area contributed by atoms with Gasteiger partial charge >= 0.3 is 18.9 Å². The molecule has 0 spiro atoms. The molecule has 0 bridgehead atoms. The Hall–Kier alpha value is 1.08. The Morgan fingerprint density at radius 1 is 1.00 bits per heavy atom. The molecule has 0 rings (SSSR count). The maximum Gasteiger partial charge on any atom is 1.00 e. The van der Waals surface area contributed by atoms with E-state index in [4.69, 9.17) is 5.11 Å². The van der Waals surface area contributed by atoms with Gasteiger partial charge in [0.05, 0.1) is 5.60 Å². The minimum atomic E-state index is -0.500. The van der Waals surface area contributed by atoms with Crippen LogP contribution in [0, 0.1) is 5.92 Å². The van der Waals surface area contributed by atoms with Crippen LogP contribution in [0.15, 0.2) is 0 Å². The molecule has 0 saturated heterocycles. The molecular formula is C8H19CuLiO. The average Bonchev–Trinajstić information content (AvgIpc) is 1.19. The fraction of sp³-hybridized carbons (Fsp3) is 0.875. The van der Waals surface area contributed by atoms with Gasteiger partial charge in [0.2, 0.25) is 0 Å². The third-order valence-electron chi connectivity index (χ3n) is 0. The Morgan fingerprint density at radius 2 is 1.00 bits per heavy atom. The fourth-order valence-corrected chi connectivity index (χ4v) is 0. The summed E-state index contributed by atoms with van der Waals surface area (Å²) in [6, 6.07) is 0. The average molecular weight is 202 g/mol. The van der Waals surface area contributed by atoms with Crippen LogP contribution < -0.4 is 18.9 Å². The van der Waals surface area contributed by atoms with Crippen LogP contribution >= 0.6 is 0 Å². The molecule has 3 heteroatoms. The Morgan fingerprint density at radius 3 is 1.00 bits per heavy atom. The van der Waals surface area contributed by atoms with E-state index in [9.17, 15) is 0 Å². The summed E-state index contributed by atoms with van der Waals surface area (Å²) in [5.74, 6) is 1.42. The van der Waals surface area contributed by atoms with Gasteiger partial charge < -0.3 is 11.0 Å². The molecule has 11 heavy (non-hydrogen) atoms. The second kappa shape index (κ2) is 11.1. The molecule has 0 fully saturated rings. The predicted octanol–water partition coefficient (Wildman–Crippen LogP) is -0.601. The van der Waals surface area contributed by atoms with Gasteiger partial charge in [-0.05, 0) is 20.8 Å². The van der Waals surface area contributed by atoms with Gasteiger partial charge in [0.15, 0.2) is 0 Å². The smallest absolute Gasteiger partial charge is 0.391 e. The van der Waals surface area contributed by atoms with Crippen LogP contribution in [-0.2, 0) is 17.1 Å². The monoisotopic (exact) mass is 201 g/mol. The standard InChI is InChI=1S/C4H10O.C4H9.Cu.Li/c1-4(2,3)5;1-4(2)3;;/h5H,1-3H3;1-3H3;;/q;-1;;+1. The van der Waals surface area contributed by atoms with Crippen LogP contribution in [0.3, 0.4) is 0 Å². The van der Waals surface area contributed by atoms with Gasteiger partial charge in [0.1, 0.15) is 0 Å². The third-order valence-corrected chi connectivity index (χ3v) is 0. The number of rotatable bonds is 0. The van der Waals surface area contributed by atoms with Gasteiger partial charge in [0, 0.05) is 17.1 Å². The van der Waals surface area contributed by atoms with Crippen molar-refractivity contribution in [1.29, 1.82) is 0 Å². The van der Waals surface area contributed by atoms with Gasteiger partial charge in [-0.3, -0.25) is 0 Å². The van der Waals surface area contributed by atoms with Crippen molar-refractivity contribution in [3.05, 3.63) is 5.92 Å². The van der Waals surface area contributed by atoms with Crippen molar-refractivity contribution in [3.63, 3.8) is 0 Å². The second-order valence-corrected chi connectivity index (χ2v) is 3.67. The van der Waals surface area contributed by atoms with Gasteiger partial charge in [-0.1, -0.05) is 0 Å². The molecule has 0 aromatic rings. The van der Waals surface area contributed by atoms with Crippen LogP contribution in [0.25, 0.3) is 0 Å². The first-order valence-corrected chi connectivity index (χ1v) is 3.22. The van der Waals surface area contributed by atoms with Gasteiger partial charge in [-0.15, -0.1) is 0 Å². The fourth-order valence-electron chi connectivity index (χ4n) is 0. The van der Waals surface area contributed by atoms with E-state index in [-0.39, 0.29) is 35.9 Å². The van der Waals surface area contributed by atoms with E-state index in [1.807, 2.05) is 0 Å². The Kier molecular flexibility index (Phi) is 22.9. The normalized spacial score (nSPS) is 8.73. The van der Waals surface area contributed by atoms with Gasteiger partial charge in [-0.25, -0.2) is 0 Å². The molecule has 1 N–H and O–H groups in total. The Balaban J connectivity index is -0.0000000383. The molecule has 69 valence electrons. The molecule has 0 unspecified atom stereocenters. The number of hydrogen-bond acceptors (Lipinski definition) is 1. The zero-order valence-electron chi connectivity index (χ0n) is 8.75. The SMILES string of the molecule is CC(C)(C)O.C[C-](C)C.[Cu].[Li+]. The summed E-state index contributed by atoms with van der Waals surface area (Å²) < 4.78 is 0. The van der Waals surface area contributed by atoms with E-state index in [1.54, 1.807) is 20.8 Å². The zero-order chi connectivity index (χ0) is 8.08. The Labute approximate surface area is 94.0 Å². The summed E-state index contributed by atoms with van der Waals surface area (Å²) in [5.41, 5.74) is -0.500. The Bertz CT molecular complexity index is 50.8. The largest absolute Gasteiger partial charge is 1.00 e. The van der Waals surface area contributed by atoms with Crippen LogP contribution in [-0.4, -0.2) is 10.7 Å². The number of hydrogen-bond donors (Lipinski definition) is 1. The molecule has 1 radical (unpaired) electrons. The first-order chi connectivity index (χ1) is 3.73. The molecule has 0 aliphatic heterocycles. The van der Waals surface area contributed by atoms with E-state index >= 15 is 0 Å². The second-order valence-electron chi connectivity index (χ2n) is 3.67. The molecule has 0 heterocycles. The predicted molar refractivity (Wildman–Crippen MR) is 42.2 cm³/mol. The summed E-state index contributed by atoms with van der Waals surface area (Å²) in [6.07, 6.45) is 0. The minimum Gasteiger partial charge on any atom is -0.391 e. The van der Waals surface area contributed by atoms with Crippen molar-refractivity contribution in [2.24, 2.45) is 0 Å². The number of aliphatic hydroxyl groups is 1. The molecule has 0 atom stereocenters. The maximum atomic E-state index is 8.52. The summed E-state index contributed by atoms with van der Waals surface area (Å²) in [4.78, 5) is 0.